The Kier molecular flexibility index (Phi) is 3.09. The van der Waals surface area contributed by atoms with Crippen LogP contribution < -0.4 is 0 Å². The lowest BCUT2D eigenvalue weighted by Gasteiger charge is -2.15. The molecular formula is C14H15BrN2O2. The lowest BCUT2D eigenvalue weighted by atomic mass is 9.89. The van der Waals surface area contributed by atoms with Crippen molar-refractivity contribution in [2.45, 2.75) is 25.2 Å². The monoisotopic (exact) mass is 322 g/mol. The number of nitrogens with zero attached hydrogens (tertiary/aromatic N) is 2. The molecule has 5 heteroatoms. The molecule has 0 spiro atoms. The summed E-state index contributed by atoms with van der Waals surface area (Å²) in [6.45, 7) is 0. The zero-order valence-electron chi connectivity index (χ0n) is 10.6. The quantitative estimate of drug-likeness (QED) is 0.939. The smallest absolute Gasteiger partial charge is 0.303 e. The third kappa shape index (κ3) is 2.27. The van der Waals surface area contributed by atoms with Crippen molar-refractivity contribution < 1.29 is 9.90 Å². The lowest BCUT2D eigenvalue weighted by Crippen LogP contribution is -2.08. The highest BCUT2D eigenvalue weighted by Gasteiger charge is 2.35. The minimum absolute atomic E-state index is 0.0988. The first kappa shape index (κ1) is 12.7. The van der Waals surface area contributed by atoms with E-state index in [9.17, 15) is 4.79 Å². The van der Waals surface area contributed by atoms with Crippen LogP contribution in [-0.4, -0.2) is 20.9 Å². The van der Waals surface area contributed by atoms with Crippen molar-refractivity contribution in [1.29, 1.82) is 0 Å². The van der Waals surface area contributed by atoms with E-state index in [0.29, 0.717) is 5.92 Å². The van der Waals surface area contributed by atoms with E-state index in [0.717, 1.165) is 33.9 Å². The summed E-state index contributed by atoms with van der Waals surface area (Å²) in [7, 11) is 1.90. The number of rotatable bonds is 4. The Labute approximate surface area is 119 Å². The minimum Gasteiger partial charge on any atom is -0.481 e. The molecule has 3 rings (SSSR count). The molecule has 1 heterocycles. The average molecular weight is 323 g/mol. The number of carbonyl (C=O) groups is 1. The molecule has 1 aliphatic rings. The van der Waals surface area contributed by atoms with Crippen molar-refractivity contribution in [3.63, 3.8) is 0 Å². The zero-order valence-corrected chi connectivity index (χ0v) is 12.2. The van der Waals surface area contributed by atoms with Crippen LogP contribution in [0.2, 0.25) is 0 Å². The summed E-state index contributed by atoms with van der Waals surface area (Å²) >= 11 is 3.49. The van der Waals surface area contributed by atoms with Gasteiger partial charge in [-0.25, -0.2) is 0 Å². The summed E-state index contributed by atoms with van der Waals surface area (Å²) in [5, 5.41) is 14.6. The van der Waals surface area contributed by atoms with Gasteiger partial charge in [-0.3, -0.25) is 9.48 Å². The highest BCUT2D eigenvalue weighted by Crippen LogP contribution is 2.47. The van der Waals surface area contributed by atoms with Crippen LogP contribution in [0.4, 0.5) is 0 Å². The number of fused-ring (bicyclic) bond motifs is 1. The van der Waals surface area contributed by atoms with E-state index in [1.54, 1.807) is 0 Å². The van der Waals surface area contributed by atoms with Gasteiger partial charge in [-0.05, 0) is 52.2 Å². The van der Waals surface area contributed by atoms with E-state index in [2.05, 4.69) is 21.0 Å². The first-order chi connectivity index (χ1) is 9.08. The molecule has 1 unspecified atom stereocenters. The summed E-state index contributed by atoms with van der Waals surface area (Å²) in [5.41, 5.74) is 2.16. The van der Waals surface area contributed by atoms with Crippen molar-refractivity contribution in [2.75, 3.05) is 0 Å². The van der Waals surface area contributed by atoms with E-state index >= 15 is 0 Å². The summed E-state index contributed by atoms with van der Waals surface area (Å²) in [6, 6.07) is 6.05. The van der Waals surface area contributed by atoms with Gasteiger partial charge in [0, 0.05) is 12.4 Å². The summed E-state index contributed by atoms with van der Waals surface area (Å²) in [4.78, 5) is 11.1. The largest absolute Gasteiger partial charge is 0.481 e. The van der Waals surface area contributed by atoms with E-state index in [1.807, 2.05) is 29.9 Å². The first-order valence-electron chi connectivity index (χ1n) is 6.41. The Balaban J connectivity index is 2.14. The van der Waals surface area contributed by atoms with Crippen molar-refractivity contribution in [1.82, 2.24) is 9.78 Å². The van der Waals surface area contributed by atoms with Crippen LogP contribution in [0, 0.1) is 5.92 Å². The van der Waals surface area contributed by atoms with Crippen molar-refractivity contribution in [2.24, 2.45) is 13.0 Å². The van der Waals surface area contributed by atoms with Crippen molar-refractivity contribution in [3.05, 3.63) is 28.4 Å². The van der Waals surface area contributed by atoms with Crippen LogP contribution in [0.25, 0.3) is 10.9 Å². The molecule has 0 aliphatic heterocycles. The van der Waals surface area contributed by atoms with Gasteiger partial charge in [-0.1, -0.05) is 12.1 Å². The van der Waals surface area contributed by atoms with Crippen LogP contribution >= 0.6 is 15.9 Å². The van der Waals surface area contributed by atoms with Gasteiger partial charge in [0.25, 0.3) is 0 Å². The Morgan fingerprint density at radius 3 is 2.95 bits per heavy atom. The third-order valence-electron chi connectivity index (χ3n) is 3.85. The van der Waals surface area contributed by atoms with Gasteiger partial charge in [-0.2, -0.15) is 5.10 Å². The van der Waals surface area contributed by atoms with Crippen LogP contribution in [-0.2, 0) is 11.8 Å². The van der Waals surface area contributed by atoms with Crippen LogP contribution in [0.15, 0.2) is 22.8 Å². The zero-order chi connectivity index (χ0) is 13.6. The minimum atomic E-state index is -0.728. The number of aromatic nitrogens is 2. The number of halogens is 1. The highest BCUT2D eigenvalue weighted by molar-refractivity contribution is 9.10. The van der Waals surface area contributed by atoms with Gasteiger partial charge < -0.3 is 5.11 Å². The second-order valence-corrected chi connectivity index (χ2v) is 5.95. The van der Waals surface area contributed by atoms with E-state index < -0.39 is 5.97 Å². The van der Waals surface area contributed by atoms with Crippen molar-refractivity contribution in [3.8, 4) is 0 Å². The molecule has 100 valence electrons. The number of hydrogen-bond acceptors (Lipinski definition) is 2. The fourth-order valence-electron chi connectivity index (χ4n) is 2.81. The molecule has 1 aromatic heterocycles. The molecule has 1 aromatic carbocycles. The number of aliphatic carboxylic acids is 1. The molecule has 1 saturated carbocycles. The van der Waals surface area contributed by atoms with Crippen molar-refractivity contribution >= 4 is 32.8 Å². The predicted octanol–water partition coefficient (Wildman–Crippen LogP) is 3.30. The highest BCUT2D eigenvalue weighted by atomic mass is 79.9. The Morgan fingerprint density at radius 2 is 2.32 bits per heavy atom. The maximum atomic E-state index is 11.1. The number of aryl methyl sites for hydroxylation is 1. The van der Waals surface area contributed by atoms with Gasteiger partial charge in [0.2, 0.25) is 0 Å². The summed E-state index contributed by atoms with van der Waals surface area (Å²) in [5.74, 6) is -0.121. The average Bonchev–Trinajstić information content (AvgIpc) is 3.14. The van der Waals surface area contributed by atoms with Gasteiger partial charge in [0.05, 0.1) is 11.9 Å². The molecule has 2 aromatic rings. The topological polar surface area (TPSA) is 55.1 Å². The fourth-order valence-corrected chi connectivity index (χ4v) is 3.48. The summed E-state index contributed by atoms with van der Waals surface area (Å²) in [6.07, 6.45) is 2.46. The van der Waals surface area contributed by atoms with Crippen LogP contribution in [0.5, 0.6) is 0 Å². The van der Waals surface area contributed by atoms with Crippen LogP contribution in [0.1, 0.15) is 30.7 Å². The van der Waals surface area contributed by atoms with Gasteiger partial charge in [0.1, 0.15) is 4.60 Å². The SMILES string of the molecule is Cn1nc(Br)c2c(C(CC(=O)O)C3CC3)cccc21. The third-order valence-corrected chi connectivity index (χ3v) is 4.41. The Bertz CT molecular complexity index is 646. The lowest BCUT2D eigenvalue weighted by molar-refractivity contribution is -0.137. The number of hydrogen-bond donors (Lipinski definition) is 1. The van der Waals surface area contributed by atoms with Gasteiger partial charge in [-0.15, -0.1) is 0 Å². The second kappa shape index (κ2) is 4.63. The normalized spacial score (nSPS) is 16.7. The standard InChI is InChI=1S/C14H15BrN2O2/c1-17-11-4-2-3-9(13(11)14(15)16-17)10(7-12(18)19)8-5-6-8/h2-4,8,10H,5-7H2,1H3,(H,18,19). The Hall–Kier alpha value is -1.36. The molecule has 4 nitrogen and oxygen atoms in total. The van der Waals surface area contributed by atoms with Crippen LogP contribution in [0.3, 0.4) is 0 Å². The molecule has 1 atom stereocenters. The molecular weight excluding hydrogens is 308 g/mol. The number of carboxylic acids is 1. The van der Waals surface area contributed by atoms with Gasteiger partial charge in [0.15, 0.2) is 0 Å². The second-order valence-electron chi connectivity index (χ2n) is 5.20. The summed E-state index contributed by atoms with van der Waals surface area (Å²) < 4.78 is 2.63. The van der Waals surface area contributed by atoms with Gasteiger partial charge >= 0.3 is 5.97 Å². The number of benzene rings is 1. The fraction of sp³-hybridized carbons (Fsp3) is 0.429. The number of carboxylic acid groups (broad SMARTS) is 1. The molecule has 1 fully saturated rings. The maximum absolute atomic E-state index is 11.1. The molecule has 0 bridgehead atoms. The predicted molar refractivity (Wildman–Crippen MR) is 76.1 cm³/mol. The van der Waals surface area contributed by atoms with E-state index in [-0.39, 0.29) is 12.3 Å². The maximum Gasteiger partial charge on any atom is 0.303 e. The molecule has 0 radical (unpaired) electrons. The molecule has 0 amide bonds. The van der Waals surface area contributed by atoms with E-state index in [1.165, 1.54) is 0 Å². The Morgan fingerprint density at radius 1 is 1.58 bits per heavy atom. The molecule has 1 aliphatic carbocycles. The molecule has 0 saturated heterocycles. The first-order valence-corrected chi connectivity index (χ1v) is 7.20. The van der Waals surface area contributed by atoms with E-state index in [4.69, 9.17) is 5.11 Å². The molecule has 19 heavy (non-hydrogen) atoms. The molecule has 1 N–H and O–H groups in total.